The van der Waals surface area contributed by atoms with Crippen molar-refractivity contribution in [2.45, 2.75) is 6.54 Å². The van der Waals surface area contributed by atoms with Gasteiger partial charge in [0.25, 0.3) is 5.91 Å². The summed E-state index contributed by atoms with van der Waals surface area (Å²) in [5.41, 5.74) is 0. The fourth-order valence-electron chi connectivity index (χ4n) is 1.42. The van der Waals surface area contributed by atoms with Gasteiger partial charge >= 0.3 is 0 Å². The number of ether oxygens (including phenoxy) is 1. The molecule has 0 unspecified atom stereocenters. The molecule has 18 heavy (non-hydrogen) atoms. The number of hydrogen-bond donors (Lipinski definition) is 1. The number of carbonyl (C=O) groups is 1. The van der Waals surface area contributed by atoms with Crippen LogP contribution in [0.4, 0.5) is 0 Å². The Morgan fingerprint density at radius 1 is 1.44 bits per heavy atom. The normalized spacial score (nSPS) is 10.4. The first kappa shape index (κ1) is 12.4. The lowest BCUT2D eigenvalue weighted by Crippen LogP contribution is -2.27. The fourth-order valence-corrected chi connectivity index (χ4v) is 1.42. The Labute approximate surface area is 105 Å². The van der Waals surface area contributed by atoms with Gasteiger partial charge in [0.05, 0.1) is 26.0 Å². The summed E-state index contributed by atoms with van der Waals surface area (Å²) in [5, 5.41) is 6.75. The highest BCUT2D eigenvalue weighted by atomic mass is 16.5. The van der Waals surface area contributed by atoms with Crippen molar-refractivity contribution >= 4 is 5.91 Å². The van der Waals surface area contributed by atoms with E-state index in [1.807, 2.05) is 12.3 Å². The molecule has 0 aliphatic heterocycles. The van der Waals surface area contributed by atoms with E-state index in [1.165, 1.54) is 6.26 Å². The third-order valence-corrected chi connectivity index (χ3v) is 2.30. The van der Waals surface area contributed by atoms with E-state index in [4.69, 9.17) is 9.15 Å². The fraction of sp³-hybridized carbons (Fsp3) is 0.333. The predicted octanol–water partition coefficient (Wildman–Crippen LogP) is 0.923. The molecule has 96 valence electrons. The summed E-state index contributed by atoms with van der Waals surface area (Å²) in [4.78, 5) is 11.5. The van der Waals surface area contributed by atoms with Crippen molar-refractivity contribution in [1.82, 2.24) is 15.1 Å². The Morgan fingerprint density at radius 3 is 3.11 bits per heavy atom. The van der Waals surface area contributed by atoms with Crippen molar-refractivity contribution in [3.63, 3.8) is 0 Å². The maximum atomic E-state index is 11.5. The van der Waals surface area contributed by atoms with Gasteiger partial charge in [-0.15, -0.1) is 0 Å². The van der Waals surface area contributed by atoms with E-state index in [9.17, 15) is 4.79 Å². The number of amides is 1. The molecule has 1 amide bonds. The molecule has 0 aliphatic rings. The molecule has 2 aromatic heterocycles. The molecule has 6 heteroatoms. The second kappa shape index (κ2) is 6.61. The first-order valence-corrected chi connectivity index (χ1v) is 5.73. The van der Waals surface area contributed by atoms with E-state index in [-0.39, 0.29) is 5.91 Å². The van der Waals surface area contributed by atoms with Crippen LogP contribution in [0.3, 0.4) is 0 Å². The summed E-state index contributed by atoms with van der Waals surface area (Å²) in [7, 11) is 0. The number of carbonyl (C=O) groups excluding carboxylic acids is 1. The van der Waals surface area contributed by atoms with Gasteiger partial charge in [0.1, 0.15) is 0 Å². The van der Waals surface area contributed by atoms with Crippen LogP contribution < -0.4 is 5.32 Å². The molecule has 0 spiro atoms. The predicted molar refractivity (Wildman–Crippen MR) is 64.1 cm³/mol. The van der Waals surface area contributed by atoms with Gasteiger partial charge < -0.3 is 14.5 Å². The molecule has 0 radical (unpaired) electrons. The van der Waals surface area contributed by atoms with Crippen molar-refractivity contribution in [1.29, 1.82) is 0 Å². The van der Waals surface area contributed by atoms with E-state index < -0.39 is 0 Å². The van der Waals surface area contributed by atoms with E-state index >= 15 is 0 Å². The summed E-state index contributed by atoms with van der Waals surface area (Å²) >= 11 is 0. The monoisotopic (exact) mass is 249 g/mol. The van der Waals surface area contributed by atoms with E-state index in [0.29, 0.717) is 32.1 Å². The van der Waals surface area contributed by atoms with Crippen molar-refractivity contribution in [2.24, 2.45) is 0 Å². The number of aromatic nitrogens is 2. The van der Waals surface area contributed by atoms with Crippen LogP contribution in [0.5, 0.6) is 0 Å². The van der Waals surface area contributed by atoms with Gasteiger partial charge in [0.2, 0.25) is 0 Å². The van der Waals surface area contributed by atoms with Crippen molar-refractivity contribution in [2.75, 3.05) is 19.8 Å². The standard InChI is InChI=1S/C12H15N3O3/c16-12(11-3-1-8-18-11)13-5-9-17-10-7-15-6-2-4-14-15/h1-4,6,8H,5,7,9-10H2,(H,13,16). The zero-order valence-electron chi connectivity index (χ0n) is 9.91. The molecule has 1 N–H and O–H groups in total. The maximum Gasteiger partial charge on any atom is 0.287 e. The summed E-state index contributed by atoms with van der Waals surface area (Å²) in [6, 6.07) is 5.16. The van der Waals surface area contributed by atoms with Crippen molar-refractivity contribution in [3.05, 3.63) is 42.6 Å². The maximum absolute atomic E-state index is 11.5. The number of nitrogens with zero attached hydrogens (tertiary/aromatic N) is 2. The van der Waals surface area contributed by atoms with Gasteiger partial charge in [0.15, 0.2) is 5.76 Å². The highest BCUT2D eigenvalue weighted by molar-refractivity contribution is 5.91. The van der Waals surface area contributed by atoms with Gasteiger partial charge in [-0.1, -0.05) is 0 Å². The van der Waals surface area contributed by atoms with Crippen LogP contribution in [0.2, 0.25) is 0 Å². The Hall–Kier alpha value is -2.08. The van der Waals surface area contributed by atoms with Gasteiger partial charge in [-0.2, -0.15) is 5.10 Å². The Balaban J connectivity index is 1.52. The third kappa shape index (κ3) is 3.74. The highest BCUT2D eigenvalue weighted by Gasteiger charge is 2.06. The lowest BCUT2D eigenvalue weighted by atomic mass is 10.4. The molecule has 6 nitrogen and oxygen atoms in total. The quantitative estimate of drug-likeness (QED) is 0.741. The molecule has 2 heterocycles. The SMILES string of the molecule is O=C(NCCOCCn1cccn1)c1ccco1. The summed E-state index contributed by atoms with van der Waals surface area (Å²) in [6.07, 6.45) is 5.07. The second-order valence-corrected chi connectivity index (χ2v) is 3.61. The van der Waals surface area contributed by atoms with Crippen LogP contribution in [-0.2, 0) is 11.3 Å². The van der Waals surface area contributed by atoms with Crippen molar-refractivity contribution < 1.29 is 13.9 Å². The van der Waals surface area contributed by atoms with Crippen LogP contribution in [-0.4, -0.2) is 35.4 Å². The molecule has 2 rings (SSSR count). The van der Waals surface area contributed by atoms with E-state index in [0.717, 1.165) is 0 Å². The first-order chi connectivity index (χ1) is 8.86. The van der Waals surface area contributed by atoms with Gasteiger partial charge in [0, 0.05) is 18.9 Å². The molecule has 0 bridgehead atoms. The number of hydrogen-bond acceptors (Lipinski definition) is 4. The Kier molecular flexibility index (Phi) is 4.54. The largest absolute Gasteiger partial charge is 0.459 e. The van der Waals surface area contributed by atoms with Gasteiger partial charge in [-0.3, -0.25) is 9.48 Å². The van der Waals surface area contributed by atoms with E-state index in [2.05, 4.69) is 10.4 Å². The molecule has 0 fully saturated rings. The number of nitrogens with one attached hydrogen (secondary N) is 1. The molecular weight excluding hydrogens is 234 g/mol. The van der Waals surface area contributed by atoms with Gasteiger partial charge in [-0.05, 0) is 18.2 Å². The summed E-state index contributed by atoms with van der Waals surface area (Å²) < 4.78 is 12.1. The highest BCUT2D eigenvalue weighted by Crippen LogP contribution is 1.98. The Bertz CT molecular complexity index is 451. The lowest BCUT2D eigenvalue weighted by molar-refractivity contribution is 0.0880. The number of rotatable bonds is 7. The molecule has 0 saturated heterocycles. The minimum atomic E-state index is -0.226. The minimum absolute atomic E-state index is 0.226. The smallest absolute Gasteiger partial charge is 0.287 e. The molecule has 0 saturated carbocycles. The molecule has 2 aromatic rings. The van der Waals surface area contributed by atoms with Crippen LogP contribution in [0.25, 0.3) is 0 Å². The van der Waals surface area contributed by atoms with Crippen molar-refractivity contribution in [3.8, 4) is 0 Å². The Morgan fingerprint density at radius 2 is 2.39 bits per heavy atom. The van der Waals surface area contributed by atoms with Gasteiger partial charge in [-0.25, -0.2) is 0 Å². The zero-order valence-corrected chi connectivity index (χ0v) is 9.91. The van der Waals surface area contributed by atoms with E-state index in [1.54, 1.807) is 23.0 Å². The molecule has 0 aromatic carbocycles. The van der Waals surface area contributed by atoms with Crippen LogP contribution in [0.15, 0.2) is 41.3 Å². The minimum Gasteiger partial charge on any atom is -0.459 e. The topological polar surface area (TPSA) is 69.3 Å². The molecule has 0 atom stereocenters. The first-order valence-electron chi connectivity index (χ1n) is 5.73. The summed E-state index contributed by atoms with van der Waals surface area (Å²) in [6.45, 7) is 2.20. The lowest BCUT2D eigenvalue weighted by Gasteiger charge is -2.05. The van der Waals surface area contributed by atoms with Crippen LogP contribution in [0.1, 0.15) is 10.6 Å². The molecular formula is C12H15N3O3. The van der Waals surface area contributed by atoms with Crippen LogP contribution >= 0.6 is 0 Å². The zero-order chi connectivity index (χ0) is 12.6. The van der Waals surface area contributed by atoms with Crippen LogP contribution in [0, 0.1) is 0 Å². The average molecular weight is 249 g/mol. The average Bonchev–Trinajstić information content (AvgIpc) is 3.05. The number of furan rings is 1. The second-order valence-electron chi connectivity index (χ2n) is 3.61. The summed E-state index contributed by atoms with van der Waals surface area (Å²) in [5.74, 6) is 0.0854. The molecule has 0 aliphatic carbocycles. The third-order valence-electron chi connectivity index (χ3n) is 2.30.